The zero-order valence-electron chi connectivity index (χ0n) is 16.2. The lowest BCUT2D eigenvalue weighted by Crippen LogP contribution is -2.42. The van der Waals surface area contributed by atoms with E-state index in [1.165, 1.54) is 5.56 Å². The summed E-state index contributed by atoms with van der Waals surface area (Å²) in [6.45, 7) is 2.33. The predicted octanol–water partition coefficient (Wildman–Crippen LogP) is 6.31. The van der Waals surface area contributed by atoms with E-state index < -0.39 is 0 Å². The monoisotopic (exact) mass is 426 g/mol. The van der Waals surface area contributed by atoms with Gasteiger partial charge in [0.05, 0.1) is 24.4 Å². The van der Waals surface area contributed by atoms with Crippen molar-refractivity contribution in [3.05, 3.63) is 99.8 Å². The Bertz CT molecular complexity index is 900. The van der Waals surface area contributed by atoms with Crippen LogP contribution in [0.2, 0.25) is 10.0 Å². The smallest absolute Gasteiger partial charge is 0.0777 e. The average molecular weight is 427 g/mol. The van der Waals surface area contributed by atoms with Crippen molar-refractivity contribution in [3.8, 4) is 0 Å². The fourth-order valence-electron chi connectivity index (χ4n) is 4.05. The molecule has 0 unspecified atom stereocenters. The van der Waals surface area contributed by atoms with Crippen molar-refractivity contribution < 1.29 is 4.74 Å². The summed E-state index contributed by atoms with van der Waals surface area (Å²) in [4.78, 5) is 7.01. The Labute approximate surface area is 182 Å². The van der Waals surface area contributed by atoms with Crippen LogP contribution >= 0.6 is 23.2 Å². The Morgan fingerprint density at radius 1 is 0.966 bits per heavy atom. The number of piperidine rings is 1. The summed E-state index contributed by atoms with van der Waals surface area (Å²) in [5.74, 6) is 0. The molecule has 1 aromatic heterocycles. The number of hydrogen-bond acceptors (Lipinski definition) is 3. The van der Waals surface area contributed by atoms with E-state index in [4.69, 9.17) is 27.9 Å². The number of pyridine rings is 1. The average Bonchev–Trinajstić information content (AvgIpc) is 2.73. The van der Waals surface area contributed by atoms with Gasteiger partial charge in [-0.3, -0.25) is 9.88 Å². The summed E-state index contributed by atoms with van der Waals surface area (Å²) >= 11 is 12.3. The van der Waals surface area contributed by atoms with Crippen LogP contribution in [-0.2, 0) is 17.9 Å². The molecule has 4 rings (SSSR count). The molecule has 1 saturated heterocycles. The van der Waals surface area contributed by atoms with Crippen LogP contribution in [0.1, 0.15) is 35.7 Å². The van der Waals surface area contributed by atoms with E-state index in [2.05, 4.69) is 46.3 Å². The van der Waals surface area contributed by atoms with Crippen molar-refractivity contribution in [2.24, 2.45) is 0 Å². The molecule has 0 spiro atoms. The second-order valence-electron chi connectivity index (χ2n) is 7.42. The van der Waals surface area contributed by atoms with Crippen LogP contribution in [0.3, 0.4) is 0 Å². The van der Waals surface area contributed by atoms with Crippen LogP contribution in [0.4, 0.5) is 0 Å². The lowest BCUT2D eigenvalue weighted by atomic mass is 9.92. The molecule has 3 aromatic rings. The van der Waals surface area contributed by atoms with Gasteiger partial charge in [0.25, 0.3) is 0 Å². The number of aromatic nitrogens is 1. The van der Waals surface area contributed by atoms with Crippen molar-refractivity contribution in [2.75, 3.05) is 6.54 Å². The summed E-state index contributed by atoms with van der Waals surface area (Å²) < 4.78 is 6.43. The van der Waals surface area contributed by atoms with Gasteiger partial charge >= 0.3 is 0 Å². The lowest BCUT2D eigenvalue weighted by Gasteiger charge is -2.41. The standard InChI is InChI=1S/C24H24Cl2N2O/c25-20-13-18(14-21(26)15-20)17-29-23-10-6-12-28(16-22-9-4-5-11-27-22)24(23)19-7-2-1-3-8-19/h1-5,7-9,11,13-15,23-24H,6,10,12,16-17H2/t23-,24-/m0/s1. The molecule has 3 nitrogen and oxygen atoms in total. The normalized spacial score (nSPS) is 19.9. The molecule has 29 heavy (non-hydrogen) atoms. The third-order valence-corrected chi connectivity index (χ3v) is 5.73. The van der Waals surface area contributed by atoms with E-state index in [9.17, 15) is 0 Å². The number of hydrogen-bond donors (Lipinski definition) is 0. The maximum absolute atomic E-state index is 6.43. The van der Waals surface area contributed by atoms with Gasteiger partial charge in [-0.1, -0.05) is 59.6 Å². The molecule has 0 radical (unpaired) electrons. The second-order valence-corrected chi connectivity index (χ2v) is 8.29. The molecular weight excluding hydrogens is 403 g/mol. The molecule has 150 valence electrons. The first-order chi connectivity index (χ1) is 14.2. The molecule has 5 heteroatoms. The van der Waals surface area contributed by atoms with E-state index in [1.54, 1.807) is 6.07 Å². The summed E-state index contributed by atoms with van der Waals surface area (Å²) in [7, 11) is 0. The number of ether oxygens (including phenoxy) is 1. The molecule has 2 atom stereocenters. The maximum Gasteiger partial charge on any atom is 0.0777 e. The summed E-state index contributed by atoms with van der Waals surface area (Å²) in [6.07, 6.45) is 4.06. The lowest BCUT2D eigenvalue weighted by molar-refractivity contribution is -0.0556. The third-order valence-electron chi connectivity index (χ3n) is 5.30. The van der Waals surface area contributed by atoms with Crippen LogP contribution < -0.4 is 0 Å². The quantitative estimate of drug-likeness (QED) is 0.461. The topological polar surface area (TPSA) is 25.4 Å². The number of halogens is 2. The van der Waals surface area contributed by atoms with E-state index >= 15 is 0 Å². The zero-order chi connectivity index (χ0) is 20.1. The minimum atomic E-state index is 0.0904. The van der Waals surface area contributed by atoms with Gasteiger partial charge in [0.1, 0.15) is 0 Å². The van der Waals surface area contributed by atoms with Gasteiger partial charge < -0.3 is 4.74 Å². The van der Waals surface area contributed by atoms with Crippen molar-refractivity contribution in [1.82, 2.24) is 9.88 Å². The fourth-order valence-corrected chi connectivity index (χ4v) is 4.62. The number of benzene rings is 2. The van der Waals surface area contributed by atoms with Crippen molar-refractivity contribution in [3.63, 3.8) is 0 Å². The van der Waals surface area contributed by atoms with Gasteiger partial charge in [0, 0.05) is 22.8 Å². The molecule has 2 aromatic carbocycles. The highest BCUT2D eigenvalue weighted by Crippen LogP contribution is 2.35. The van der Waals surface area contributed by atoms with Crippen molar-refractivity contribution >= 4 is 23.2 Å². The molecule has 1 fully saturated rings. The van der Waals surface area contributed by atoms with E-state index in [1.807, 2.05) is 30.5 Å². The van der Waals surface area contributed by atoms with Crippen LogP contribution in [0, 0.1) is 0 Å². The molecule has 0 saturated carbocycles. The molecule has 0 bridgehead atoms. The fraction of sp³-hybridized carbons (Fsp3) is 0.292. The highest BCUT2D eigenvalue weighted by molar-refractivity contribution is 6.34. The van der Waals surface area contributed by atoms with E-state index in [0.717, 1.165) is 37.2 Å². The first-order valence-electron chi connectivity index (χ1n) is 9.94. The van der Waals surface area contributed by atoms with Gasteiger partial charge in [0.2, 0.25) is 0 Å². The Hall–Kier alpha value is -1.91. The van der Waals surface area contributed by atoms with Crippen molar-refractivity contribution in [1.29, 1.82) is 0 Å². The zero-order valence-corrected chi connectivity index (χ0v) is 17.7. The van der Waals surface area contributed by atoms with Gasteiger partial charge in [-0.15, -0.1) is 0 Å². The summed E-state index contributed by atoms with van der Waals surface area (Å²) in [5, 5.41) is 1.27. The molecule has 1 aliphatic heterocycles. The van der Waals surface area contributed by atoms with Gasteiger partial charge in [-0.05, 0) is 60.8 Å². The summed E-state index contributed by atoms with van der Waals surface area (Å²) in [5.41, 5.74) is 3.35. The molecule has 2 heterocycles. The molecule has 0 amide bonds. The number of rotatable bonds is 6. The Morgan fingerprint density at radius 2 is 1.72 bits per heavy atom. The number of nitrogens with zero attached hydrogens (tertiary/aromatic N) is 2. The first-order valence-corrected chi connectivity index (χ1v) is 10.7. The van der Waals surface area contributed by atoms with E-state index in [0.29, 0.717) is 16.7 Å². The largest absolute Gasteiger partial charge is 0.372 e. The third kappa shape index (κ3) is 5.37. The van der Waals surface area contributed by atoms with E-state index in [-0.39, 0.29) is 12.1 Å². The minimum absolute atomic E-state index is 0.0904. The minimum Gasteiger partial charge on any atom is -0.372 e. The molecule has 0 N–H and O–H groups in total. The highest BCUT2D eigenvalue weighted by atomic mass is 35.5. The van der Waals surface area contributed by atoms with Crippen LogP contribution in [-0.4, -0.2) is 22.5 Å². The molecule has 1 aliphatic rings. The Balaban J connectivity index is 1.55. The molecular formula is C24H24Cl2N2O. The van der Waals surface area contributed by atoms with Crippen LogP contribution in [0.15, 0.2) is 72.9 Å². The highest BCUT2D eigenvalue weighted by Gasteiger charge is 2.33. The van der Waals surface area contributed by atoms with Crippen molar-refractivity contribution in [2.45, 2.75) is 38.1 Å². The summed E-state index contributed by atoms with van der Waals surface area (Å²) in [6, 6.07) is 22.5. The predicted molar refractivity (Wildman–Crippen MR) is 118 cm³/mol. The van der Waals surface area contributed by atoms with Crippen LogP contribution in [0.5, 0.6) is 0 Å². The SMILES string of the molecule is Clc1cc(Cl)cc(CO[C@H]2CCCN(Cc3ccccn3)[C@H]2c2ccccc2)c1. The van der Waals surface area contributed by atoms with Gasteiger partial charge in [-0.2, -0.15) is 0 Å². The number of likely N-dealkylation sites (tertiary alicyclic amines) is 1. The Morgan fingerprint density at radius 3 is 2.45 bits per heavy atom. The van der Waals surface area contributed by atoms with Gasteiger partial charge in [-0.25, -0.2) is 0 Å². The van der Waals surface area contributed by atoms with Gasteiger partial charge in [0.15, 0.2) is 0 Å². The maximum atomic E-state index is 6.43. The van der Waals surface area contributed by atoms with Crippen LogP contribution in [0.25, 0.3) is 0 Å². The molecule has 0 aliphatic carbocycles. The Kier molecular flexibility index (Phi) is 6.83. The second kappa shape index (κ2) is 9.73. The first kappa shape index (κ1) is 20.4.